The Labute approximate surface area is 110 Å². The van der Waals surface area contributed by atoms with Crippen LogP contribution in [0.2, 0.25) is 0 Å². The lowest BCUT2D eigenvalue weighted by molar-refractivity contribution is -0.111. The van der Waals surface area contributed by atoms with Crippen molar-refractivity contribution in [2.24, 2.45) is 5.73 Å². The van der Waals surface area contributed by atoms with Crippen LogP contribution in [0.5, 0.6) is 0 Å². The zero-order valence-electron chi connectivity index (χ0n) is 9.89. The van der Waals surface area contributed by atoms with Crippen molar-refractivity contribution in [3.8, 4) is 0 Å². The summed E-state index contributed by atoms with van der Waals surface area (Å²) in [7, 11) is 0. The van der Waals surface area contributed by atoms with Gasteiger partial charge in [-0.2, -0.15) is 0 Å². The molecule has 0 aliphatic rings. The molecule has 18 heavy (non-hydrogen) atoms. The van der Waals surface area contributed by atoms with E-state index in [2.05, 4.69) is 4.98 Å². The molecule has 0 atom stereocenters. The summed E-state index contributed by atoms with van der Waals surface area (Å²) < 4.78 is 0. The Morgan fingerprint density at radius 1 is 1.33 bits per heavy atom. The molecule has 5 heteroatoms. The van der Waals surface area contributed by atoms with Gasteiger partial charge in [0, 0.05) is 23.6 Å². The van der Waals surface area contributed by atoms with Crippen molar-refractivity contribution in [1.82, 2.24) is 4.98 Å². The monoisotopic (exact) mass is 264 g/mol. The van der Waals surface area contributed by atoms with Crippen LogP contribution < -0.4 is 5.73 Å². The number of carbonyl (C=O) groups is 2. The first kappa shape index (κ1) is 14.1. The first-order valence-electron chi connectivity index (χ1n) is 5.37. The van der Waals surface area contributed by atoms with Crippen molar-refractivity contribution >= 4 is 33.7 Å². The maximum atomic E-state index is 10.8. The third-order valence-electron chi connectivity index (χ3n) is 2.17. The number of amides is 1. The van der Waals surface area contributed by atoms with Crippen LogP contribution >= 0.6 is 11.6 Å². The van der Waals surface area contributed by atoms with Crippen LogP contribution in [-0.4, -0.2) is 16.1 Å². The highest BCUT2D eigenvalue weighted by Crippen LogP contribution is 2.12. The van der Waals surface area contributed by atoms with Crippen LogP contribution in [-0.2, 0) is 4.79 Å². The summed E-state index contributed by atoms with van der Waals surface area (Å²) in [5.74, 6) is -0.411. The molecule has 2 N–H and O–H groups in total. The minimum absolute atomic E-state index is 0.273. The number of hydrogen-bond donors (Lipinski definition) is 1. The fourth-order valence-electron chi connectivity index (χ4n) is 1.23. The molecule has 2 aromatic rings. The molecule has 94 valence electrons. The van der Waals surface area contributed by atoms with Gasteiger partial charge >= 0.3 is 0 Å². The average molecular weight is 265 g/mol. The van der Waals surface area contributed by atoms with E-state index in [-0.39, 0.29) is 5.24 Å². The first-order valence-corrected chi connectivity index (χ1v) is 5.75. The van der Waals surface area contributed by atoms with Crippen LogP contribution in [0.1, 0.15) is 23.7 Å². The van der Waals surface area contributed by atoms with E-state index < -0.39 is 5.91 Å². The number of rotatable bonds is 2. The number of aromatic nitrogens is 1. The highest BCUT2D eigenvalue weighted by molar-refractivity contribution is 6.63. The molecular weight excluding hydrogens is 252 g/mol. The largest absolute Gasteiger partial charge is 0.366 e. The number of pyridine rings is 1. The van der Waals surface area contributed by atoms with Gasteiger partial charge in [-0.15, -0.1) is 0 Å². The molecule has 0 aliphatic heterocycles. The second kappa shape index (κ2) is 6.71. The fraction of sp³-hybridized carbons (Fsp3) is 0.154. The Hall–Kier alpha value is -1.94. The number of primary amides is 1. The lowest BCUT2D eigenvalue weighted by Crippen LogP contribution is -2.10. The van der Waals surface area contributed by atoms with Crippen molar-refractivity contribution < 1.29 is 9.59 Å². The molecule has 1 aromatic carbocycles. The SMILES string of the molecule is CCC(=O)Cl.NC(=O)c1ccc2ncccc2c1. The van der Waals surface area contributed by atoms with Crippen LogP contribution in [0.3, 0.4) is 0 Å². The second-order valence-corrected chi connectivity index (χ2v) is 3.91. The van der Waals surface area contributed by atoms with Gasteiger partial charge in [0.05, 0.1) is 5.52 Å². The van der Waals surface area contributed by atoms with Crippen LogP contribution in [0.15, 0.2) is 36.5 Å². The number of nitrogens with two attached hydrogens (primary N) is 1. The second-order valence-electron chi connectivity index (χ2n) is 3.48. The van der Waals surface area contributed by atoms with Gasteiger partial charge in [0.2, 0.25) is 11.1 Å². The third kappa shape index (κ3) is 4.14. The quantitative estimate of drug-likeness (QED) is 0.847. The summed E-state index contributed by atoms with van der Waals surface area (Å²) in [6, 6.07) is 8.93. The Bertz CT molecular complexity index is 570. The van der Waals surface area contributed by atoms with Gasteiger partial charge in [0.25, 0.3) is 0 Å². The molecule has 0 unspecified atom stereocenters. The van der Waals surface area contributed by atoms with Crippen LogP contribution in [0.4, 0.5) is 0 Å². The predicted octanol–water partition coefficient (Wildman–Crippen LogP) is 2.50. The van der Waals surface area contributed by atoms with Gasteiger partial charge in [-0.3, -0.25) is 14.6 Å². The van der Waals surface area contributed by atoms with Crippen LogP contribution in [0.25, 0.3) is 10.9 Å². The van der Waals surface area contributed by atoms with Gasteiger partial charge in [0.15, 0.2) is 0 Å². The lowest BCUT2D eigenvalue weighted by Gasteiger charge is -1.98. The van der Waals surface area contributed by atoms with Gasteiger partial charge in [-0.05, 0) is 35.9 Å². The Morgan fingerprint density at radius 3 is 2.56 bits per heavy atom. The minimum atomic E-state index is -0.411. The van der Waals surface area contributed by atoms with Crippen molar-refractivity contribution in [3.05, 3.63) is 42.1 Å². The number of hydrogen-bond acceptors (Lipinski definition) is 3. The Morgan fingerprint density at radius 2 is 2.00 bits per heavy atom. The van der Waals surface area contributed by atoms with Gasteiger partial charge in [-0.1, -0.05) is 13.0 Å². The topological polar surface area (TPSA) is 73.1 Å². The number of nitrogens with zero attached hydrogens (tertiary/aromatic N) is 1. The molecule has 0 saturated carbocycles. The van der Waals surface area contributed by atoms with E-state index in [1.54, 1.807) is 31.3 Å². The average Bonchev–Trinajstić information content (AvgIpc) is 2.38. The summed E-state index contributed by atoms with van der Waals surface area (Å²) in [6.07, 6.45) is 2.15. The molecule has 1 heterocycles. The molecule has 1 aromatic heterocycles. The van der Waals surface area contributed by atoms with Crippen molar-refractivity contribution in [1.29, 1.82) is 0 Å². The predicted molar refractivity (Wildman–Crippen MR) is 71.4 cm³/mol. The summed E-state index contributed by atoms with van der Waals surface area (Å²) in [5, 5.41) is 0.656. The molecule has 0 aliphatic carbocycles. The van der Waals surface area contributed by atoms with Gasteiger partial charge in [0.1, 0.15) is 0 Å². The maximum Gasteiger partial charge on any atom is 0.248 e. The van der Waals surface area contributed by atoms with E-state index in [9.17, 15) is 9.59 Å². The number of benzene rings is 1. The summed E-state index contributed by atoms with van der Waals surface area (Å²) in [4.78, 5) is 24.6. The van der Waals surface area contributed by atoms with E-state index in [1.165, 1.54) is 0 Å². The highest BCUT2D eigenvalue weighted by atomic mass is 35.5. The van der Waals surface area contributed by atoms with Crippen LogP contribution in [0, 0.1) is 0 Å². The van der Waals surface area contributed by atoms with Crippen molar-refractivity contribution in [3.63, 3.8) is 0 Å². The zero-order chi connectivity index (χ0) is 13.5. The molecule has 0 saturated heterocycles. The van der Waals surface area contributed by atoms with Crippen molar-refractivity contribution in [2.75, 3.05) is 0 Å². The van der Waals surface area contributed by atoms with E-state index in [1.807, 2.05) is 12.1 Å². The molecular formula is C13H13ClN2O2. The molecule has 0 spiro atoms. The number of carbonyl (C=O) groups excluding carboxylic acids is 2. The molecule has 1 amide bonds. The van der Waals surface area contributed by atoms with Crippen molar-refractivity contribution in [2.45, 2.75) is 13.3 Å². The van der Waals surface area contributed by atoms with Gasteiger partial charge < -0.3 is 5.73 Å². The lowest BCUT2D eigenvalue weighted by atomic mass is 10.1. The Kier molecular flexibility index (Phi) is 5.27. The summed E-state index contributed by atoms with van der Waals surface area (Å²) >= 11 is 4.82. The fourth-order valence-corrected chi connectivity index (χ4v) is 1.23. The normalized spacial score (nSPS) is 9.44. The van der Waals surface area contributed by atoms with E-state index >= 15 is 0 Å². The third-order valence-corrected chi connectivity index (χ3v) is 2.43. The molecule has 0 bridgehead atoms. The zero-order valence-corrected chi connectivity index (χ0v) is 10.6. The standard InChI is InChI=1S/C10H8N2O.C3H5ClO/c11-10(13)8-3-4-9-7(6-8)2-1-5-12-9;1-2-3(4)5/h1-6H,(H2,11,13);2H2,1H3. The molecule has 2 rings (SSSR count). The molecule has 4 nitrogen and oxygen atoms in total. The first-order chi connectivity index (χ1) is 8.54. The smallest absolute Gasteiger partial charge is 0.248 e. The number of halogens is 1. The summed E-state index contributed by atoms with van der Waals surface area (Å²) in [5.41, 5.74) is 6.53. The van der Waals surface area contributed by atoms with E-state index in [0.717, 1.165) is 10.9 Å². The molecule has 0 fully saturated rings. The molecule has 0 radical (unpaired) electrons. The van der Waals surface area contributed by atoms with E-state index in [4.69, 9.17) is 17.3 Å². The Balaban J connectivity index is 0.000000280. The minimum Gasteiger partial charge on any atom is -0.366 e. The van der Waals surface area contributed by atoms with Gasteiger partial charge in [-0.25, -0.2) is 0 Å². The van der Waals surface area contributed by atoms with E-state index in [0.29, 0.717) is 12.0 Å². The maximum absolute atomic E-state index is 10.8. The highest BCUT2D eigenvalue weighted by Gasteiger charge is 2.00. The summed E-state index contributed by atoms with van der Waals surface area (Å²) in [6.45, 7) is 1.72. The number of fused-ring (bicyclic) bond motifs is 1.